The fourth-order valence-corrected chi connectivity index (χ4v) is 2.30. The second kappa shape index (κ2) is 7.46. The van der Waals surface area contributed by atoms with Crippen molar-refractivity contribution in [2.75, 3.05) is 33.3 Å². The van der Waals surface area contributed by atoms with Gasteiger partial charge in [-0.2, -0.15) is 0 Å². The number of benzene rings is 1. The molecule has 0 bridgehead atoms. The van der Waals surface area contributed by atoms with E-state index >= 15 is 0 Å². The number of nitrogens with one attached hydrogen (secondary N) is 1. The lowest BCUT2D eigenvalue weighted by Crippen LogP contribution is -2.37. The van der Waals surface area contributed by atoms with Crippen LogP contribution in [-0.2, 0) is 4.79 Å². The summed E-state index contributed by atoms with van der Waals surface area (Å²) in [6.45, 7) is 6.74. The number of nitrogens with zero attached hydrogens (tertiary/aromatic N) is 1. The van der Waals surface area contributed by atoms with Crippen LogP contribution in [0.15, 0.2) is 18.2 Å². The zero-order valence-corrected chi connectivity index (χ0v) is 13.3. The van der Waals surface area contributed by atoms with Crippen LogP contribution in [0.25, 0.3) is 0 Å². The van der Waals surface area contributed by atoms with Crippen LogP contribution in [0, 0.1) is 19.8 Å². The first-order valence-electron chi connectivity index (χ1n) is 7.69. The average Bonchev–Trinajstić information content (AvgIpc) is 3.19. The molecule has 2 rings (SSSR count). The van der Waals surface area contributed by atoms with Gasteiger partial charge in [0.2, 0.25) is 5.91 Å². The summed E-state index contributed by atoms with van der Waals surface area (Å²) in [6.07, 6.45) is 2.53. The predicted molar refractivity (Wildman–Crippen MR) is 84.6 cm³/mol. The molecule has 116 valence electrons. The molecule has 4 heteroatoms. The zero-order valence-electron chi connectivity index (χ0n) is 13.3. The Kier molecular flexibility index (Phi) is 5.62. The Labute approximate surface area is 127 Å². The van der Waals surface area contributed by atoms with E-state index in [9.17, 15) is 4.79 Å². The Bertz CT molecular complexity index is 463. The van der Waals surface area contributed by atoms with Gasteiger partial charge in [-0.1, -0.05) is 6.07 Å². The van der Waals surface area contributed by atoms with E-state index in [0.29, 0.717) is 13.2 Å². The highest BCUT2D eigenvalue weighted by atomic mass is 16.5. The molecule has 1 N–H and O–H groups in total. The Balaban J connectivity index is 1.63. The van der Waals surface area contributed by atoms with Gasteiger partial charge in [-0.15, -0.1) is 0 Å². The van der Waals surface area contributed by atoms with Crippen molar-refractivity contribution in [1.29, 1.82) is 0 Å². The number of hydrogen-bond acceptors (Lipinski definition) is 3. The molecule has 1 aromatic carbocycles. The van der Waals surface area contributed by atoms with Crippen molar-refractivity contribution in [1.82, 2.24) is 10.2 Å². The highest BCUT2D eigenvalue weighted by molar-refractivity contribution is 5.77. The second-order valence-electron chi connectivity index (χ2n) is 6.16. The summed E-state index contributed by atoms with van der Waals surface area (Å²) in [5, 5.41) is 2.98. The maximum absolute atomic E-state index is 11.7. The van der Waals surface area contributed by atoms with Crippen LogP contribution in [0.3, 0.4) is 0 Å². The first-order valence-corrected chi connectivity index (χ1v) is 7.69. The predicted octanol–water partition coefficient (Wildman–Crippen LogP) is 2.14. The third kappa shape index (κ3) is 6.17. The van der Waals surface area contributed by atoms with Gasteiger partial charge in [0.25, 0.3) is 0 Å². The van der Waals surface area contributed by atoms with E-state index < -0.39 is 0 Å². The molecule has 1 amide bonds. The van der Waals surface area contributed by atoms with Crippen molar-refractivity contribution < 1.29 is 9.53 Å². The molecular weight excluding hydrogens is 264 g/mol. The van der Waals surface area contributed by atoms with Crippen LogP contribution in [0.5, 0.6) is 5.75 Å². The lowest BCUT2D eigenvalue weighted by atomic mass is 10.1. The lowest BCUT2D eigenvalue weighted by Gasteiger charge is -2.17. The molecule has 0 radical (unpaired) electrons. The molecule has 0 saturated heterocycles. The summed E-state index contributed by atoms with van der Waals surface area (Å²) < 4.78 is 5.75. The largest absolute Gasteiger partial charge is 0.492 e. The fraction of sp³-hybridized carbons (Fsp3) is 0.588. The van der Waals surface area contributed by atoms with Gasteiger partial charge in [0.1, 0.15) is 12.4 Å². The van der Waals surface area contributed by atoms with Crippen LogP contribution in [0.2, 0.25) is 0 Å². The molecule has 0 heterocycles. The van der Waals surface area contributed by atoms with E-state index in [2.05, 4.69) is 25.2 Å². The Hall–Kier alpha value is -1.55. The van der Waals surface area contributed by atoms with Gasteiger partial charge in [0.15, 0.2) is 0 Å². The number of carbonyl (C=O) groups is 1. The first-order chi connectivity index (χ1) is 10.0. The first kappa shape index (κ1) is 15.8. The topological polar surface area (TPSA) is 41.6 Å². The summed E-state index contributed by atoms with van der Waals surface area (Å²) in [6, 6.07) is 6.20. The van der Waals surface area contributed by atoms with E-state index in [4.69, 9.17) is 4.74 Å². The zero-order chi connectivity index (χ0) is 15.2. The molecule has 0 atom stereocenters. The maximum Gasteiger partial charge on any atom is 0.234 e. The van der Waals surface area contributed by atoms with Gasteiger partial charge < -0.3 is 10.1 Å². The number of amides is 1. The molecule has 0 aliphatic heterocycles. The van der Waals surface area contributed by atoms with Gasteiger partial charge in [-0.3, -0.25) is 9.69 Å². The average molecular weight is 290 g/mol. The van der Waals surface area contributed by atoms with E-state index in [1.54, 1.807) is 0 Å². The Morgan fingerprint density at radius 3 is 2.57 bits per heavy atom. The van der Waals surface area contributed by atoms with Gasteiger partial charge >= 0.3 is 0 Å². The summed E-state index contributed by atoms with van der Waals surface area (Å²) in [7, 11) is 1.95. The van der Waals surface area contributed by atoms with Gasteiger partial charge in [-0.25, -0.2) is 0 Å². The van der Waals surface area contributed by atoms with Crippen molar-refractivity contribution >= 4 is 5.91 Å². The summed E-state index contributed by atoms with van der Waals surface area (Å²) >= 11 is 0. The fourth-order valence-electron chi connectivity index (χ4n) is 2.30. The Morgan fingerprint density at radius 2 is 1.95 bits per heavy atom. The standard InChI is InChI=1S/C17H26N2O2/c1-13-8-14(2)10-16(9-13)21-7-6-19(3)12-17(20)18-11-15-4-5-15/h8-10,15H,4-7,11-12H2,1-3H3,(H,18,20). The maximum atomic E-state index is 11.7. The minimum atomic E-state index is 0.107. The minimum Gasteiger partial charge on any atom is -0.492 e. The van der Waals surface area contributed by atoms with Gasteiger partial charge in [0, 0.05) is 13.1 Å². The quantitative estimate of drug-likeness (QED) is 0.797. The van der Waals surface area contributed by atoms with Gasteiger partial charge in [0.05, 0.1) is 6.54 Å². The van der Waals surface area contributed by atoms with E-state index in [1.807, 2.05) is 24.1 Å². The normalized spacial score (nSPS) is 14.3. The monoisotopic (exact) mass is 290 g/mol. The molecule has 0 aromatic heterocycles. The molecule has 0 unspecified atom stereocenters. The molecule has 1 aliphatic carbocycles. The SMILES string of the molecule is Cc1cc(C)cc(OCCN(C)CC(=O)NCC2CC2)c1. The van der Waals surface area contributed by atoms with Crippen molar-refractivity contribution in [3.8, 4) is 5.75 Å². The molecule has 1 fully saturated rings. The third-order valence-electron chi connectivity index (χ3n) is 3.64. The third-order valence-corrected chi connectivity index (χ3v) is 3.64. The van der Waals surface area contributed by atoms with Crippen molar-refractivity contribution in [2.24, 2.45) is 5.92 Å². The molecule has 4 nitrogen and oxygen atoms in total. The summed E-state index contributed by atoms with van der Waals surface area (Å²) in [4.78, 5) is 13.7. The highest BCUT2D eigenvalue weighted by Gasteiger charge is 2.21. The molecule has 1 aromatic rings. The van der Waals surface area contributed by atoms with Crippen molar-refractivity contribution in [2.45, 2.75) is 26.7 Å². The molecule has 1 saturated carbocycles. The molecular formula is C17H26N2O2. The smallest absolute Gasteiger partial charge is 0.234 e. The van der Waals surface area contributed by atoms with Crippen LogP contribution in [0.4, 0.5) is 0 Å². The van der Waals surface area contributed by atoms with Crippen LogP contribution >= 0.6 is 0 Å². The lowest BCUT2D eigenvalue weighted by molar-refractivity contribution is -0.122. The van der Waals surface area contributed by atoms with Crippen LogP contribution in [-0.4, -0.2) is 44.1 Å². The summed E-state index contributed by atoms with van der Waals surface area (Å²) in [5.74, 6) is 1.74. The van der Waals surface area contributed by atoms with Gasteiger partial charge in [-0.05, 0) is 62.9 Å². The second-order valence-corrected chi connectivity index (χ2v) is 6.16. The number of hydrogen-bond donors (Lipinski definition) is 1. The molecule has 21 heavy (non-hydrogen) atoms. The Morgan fingerprint density at radius 1 is 1.29 bits per heavy atom. The minimum absolute atomic E-state index is 0.107. The highest BCUT2D eigenvalue weighted by Crippen LogP contribution is 2.27. The van der Waals surface area contributed by atoms with E-state index in [0.717, 1.165) is 24.8 Å². The van der Waals surface area contributed by atoms with Crippen molar-refractivity contribution in [3.63, 3.8) is 0 Å². The van der Waals surface area contributed by atoms with E-state index in [1.165, 1.54) is 24.0 Å². The number of ether oxygens (including phenoxy) is 1. The van der Waals surface area contributed by atoms with Crippen molar-refractivity contribution in [3.05, 3.63) is 29.3 Å². The van der Waals surface area contributed by atoms with Crippen LogP contribution in [0.1, 0.15) is 24.0 Å². The molecule has 0 spiro atoms. The molecule has 1 aliphatic rings. The number of aryl methyl sites for hydroxylation is 2. The number of carbonyl (C=O) groups excluding carboxylic acids is 1. The van der Waals surface area contributed by atoms with E-state index in [-0.39, 0.29) is 5.91 Å². The van der Waals surface area contributed by atoms with Crippen LogP contribution < -0.4 is 10.1 Å². The number of rotatable bonds is 8. The summed E-state index contributed by atoms with van der Waals surface area (Å²) in [5.41, 5.74) is 2.41. The number of likely N-dealkylation sites (N-methyl/N-ethyl adjacent to an activating group) is 1.